The highest BCUT2D eigenvalue weighted by Gasteiger charge is 2.40. The van der Waals surface area contributed by atoms with E-state index in [2.05, 4.69) is 5.32 Å². The lowest BCUT2D eigenvalue weighted by molar-refractivity contribution is -0.146. The topological polar surface area (TPSA) is 75.7 Å². The minimum absolute atomic E-state index is 0.171. The van der Waals surface area contributed by atoms with Crippen LogP contribution in [0.25, 0.3) is 0 Å². The fraction of sp³-hybridized carbons (Fsp3) is 0.308. The summed E-state index contributed by atoms with van der Waals surface area (Å²) in [5.41, 5.74) is 0.455. The lowest BCUT2D eigenvalue weighted by Crippen LogP contribution is -2.36. The molecule has 1 fully saturated rings. The summed E-state index contributed by atoms with van der Waals surface area (Å²) in [6.45, 7) is 1.37. The van der Waals surface area contributed by atoms with Gasteiger partial charge in [-0.25, -0.2) is 9.18 Å². The van der Waals surface area contributed by atoms with Gasteiger partial charge >= 0.3 is 12.0 Å². The summed E-state index contributed by atoms with van der Waals surface area (Å²) < 4.78 is 17.5. The Morgan fingerprint density at radius 1 is 1.35 bits per heavy atom. The van der Waals surface area contributed by atoms with E-state index in [4.69, 9.17) is 4.74 Å². The van der Waals surface area contributed by atoms with E-state index in [-0.39, 0.29) is 6.61 Å². The van der Waals surface area contributed by atoms with Crippen molar-refractivity contribution in [1.82, 2.24) is 10.2 Å². The van der Waals surface area contributed by atoms with E-state index in [0.717, 1.165) is 4.90 Å². The minimum atomic E-state index is -0.905. The van der Waals surface area contributed by atoms with Gasteiger partial charge in [0.05, 0.1) is 6.61 Å². The predicted molar refractivity (Wildman–Crippen MR) is 66.0 cm³/mol. The van der Waals surface area contributed by atoms with Crippen LogP contribution in [-0.4, -0.2) is 36.0 Å². The molecule has 3 amide bonds. The lowest BCUT2D eigenvalue weighted by atomic mass is 10.1. The van der Waals surface area contributed by atoms with E-state index in [9.17, 15) is 18.8 Å². The molecule has 1 N–H and O–H groups in total. The summed E-state index contributed by atoms with van der Waals surface area (Å²) in [6, 6.07) is 3.64. The van der Waals surface area contributed by atoms with Gasteiger partial charge in [0, 0.05) is 0 Å². The normalized spacial score (nSPS) is 18.1. The fourth-order valence-electron chi connectivity index (χ4n) is 1.89. The molecule has 6 nitrogen and oxygen atoms in total. The molecule has 1 heterocycles. The molecule has 0 saturated carbocycles. The van der Waals surface area contributed by atoms with Crippen LogP contribution in [-0.2, 0) is 14.3 Å². The zero-order chi connectivity index (χ0) is 14.7. The molecule has 1 aromatic carbocycles. The Morgan fingerprint density at radius 2 is 2.00 bits per heavy atom. The second-order valence-corrected chi connectivity index (χ2v) is 4.16. The van der Waals surface area contributed by atoms with E-state index in [1.165, 1.54) is 24.3 Å². The van der Waals surface area contributed by atoms with E-state index in [1.807, 2.05) is 0 Å². The van der Waals surface area contributed by atoms with Crippen molar-refractivity contribution in [2.45, 2.75) is 13.0 Å². The lowest BCUT2D eigenvalue weighted by Gasteiger charge is -2.12. The Kier molecular flexibility index (Phi) is 3.97. The third kappa shape index (κ3) is 2.76. The number of hydrogen-bond donors (Lipinski definition) is 1. The van der Waals surface area contributed by atoms with Gasteiger partial charge in [-0.15, -0.1) is 0 Å². The molecule has 106 valence electrons. The highest BCUT2D eigenvalue weighted by molar-refractivity contribution is 6.06. The van der Waals surface area contributed by atoms with Crippen LogP contribution >= 0.6 is 0 Å². The summed E-state index contributed by atoms with van der Waals surface area (Å²) in [7, 11) is 0. The molecule has 0 bridgehead atoms. The van der Waals surface area contributed by atoms with Crippen LogP contribution in [0.5, 0.6) is 0 Å². The minimum Gasteiger partial charge on any atom is -0.465 e. The van der Waals surface area contributed by atoms with E-state index in [0.29, 0.717) is 5.56 Å². The van der Waals surface area contributed by atoms with E-state index >= 15 is 0 Å². The number of halogens is 1. The van der Waals surface area contributed by atoms with Crippen LogP contribution in [0.2, 0.25) is 0 Å². The van der Waals surface area contributed by atoms with Gasteiger partial charge in [0.1, 0.15) is 18.4 Å². The number of carbonyl (C=O) groups is 3. The predicted octanol–water partition coefficient (Wildman–Crippen LogP) is 0.982. The van der Waals surface area contributed by atoms with Gasteiger partial charge in [0.2, 0.25) is 0 Å². The summed E-state index contributed by atoms with van der Waals surface area (Å²) in [4.78, 5) is 35.9. The molecule has 1 aliphatic rings. The quantitative estimate of drug-likeness (QED) is 0.659. The maximum atomic E-state index is 12.8. The summed E-state index contributed by atoms with van der Waals surface area (Å²) in [6.07, 6.45) is 0. The maximum absolute atomic E-state index is 12.8. The molecule has 1 saturated heterocycles. The van der Waals surface area contributed by atoms with Gasteiger partial charge in [-0.3, -0.25) is 14.5 Å². The van der Waals surface area contributed by atoms with Crippen molar-refractivity contribution in [2.75, 3.05) is 13.2 Å². The number of benzene rings is 1. The van der Waals surface area contributed by atoms with Crippen molar-refractivity contribution >= 4 is 17.9 Å². The van der Waals surface area contributed by atoms with Crippen LogP contribution in [0.4, 0.5) is 9.18 Å². The Hall–Kier alpha value is -2.44. The largest absolute Gasteiger partial charge is 0.465 e. The van der Waals surface area contributed by atoms with Crippen molar-refractivity contribution in [3.63, 3.8) is 0 Å². The molecule has 20 heavy (non-hydrogen) atoms. The van der Waals surface area contributed by atoms with Crippen LogP contribution in [0.15, 0.2) is 24.3 Å². The molecule has 1 atom stereocenters. The van der Waals surface area contributed by atoms with Crippen LogP contribution in [0.1, 0.15) is 18.5 Å². The molecule has 0 unspecified atom stereocenters. The Morgan fingerprint density at radius 3 is 2.60 bits per heavy atom. The zero-order valence-corrected chi connectivity index (χ0v) is 10.8. The van der Waals surface area contributed by atoms with Gasteiger partial charge in [-0.1, -0.05) is 12.1 Å². The first-order valence-electron chi connectivity index (χ1n) is 6.06. The first-order chi connectivity index (χ1) is 9.52. The van der Waals surface area contributed by atoms with Crippen molar-refractivity contribution < 1.29 is 23.5 Å². The number of esters is 1. The SMILES string of the molecule is CCOC(=O)CN1C(=O)N[C@H](c2ccc(F)cc2)C1=O. The van der Waals surface area contributed by atoms with Crippen molar-refractivity contribution in [3.05, 3.63) is 35.6 Å². The number of imide groups is 1. The van der Waals surface area contributed by atoms with Gasteiger partial charge in [0.15, 0.2) is 0 Å². The summed E-state index contributed by atoms with van der Waals surface area (Å²) in [5, 5.41) is 2.44. The second-order valence-electron chi connectivity index (χ2n) is 4.16. The zero-order valence-electron chi connectivity index (χ0n) is 10.8. The molecule has 0 aromatic heterocycles. The van der Waals surface area contributed by atoms with Gasteiger partial charge in [-0.2, -0.15) is 0 Å². The van der Waals surface area contributed by atoms with Gasteiger partial charge < -0.3 is 10.1 Å². The maximum Gasteiger partial charge on any atom is 0.326 e. The van der Waals surface area contributed by atoms with E-state index < -0.39 is 36.3 Å². The number of amides is 3. The van der Waals surface area contributed by atoms with Crippen LogP contribution in [0.3, 0.4) is 0 Å². The number of carbonyl (C=O) groups excluding carboxylic acids is 3. The van der Waals surface area contributed by atoms with Crippen molar-refractivity contribution in [3.8, 4) is 0 Å². The summed E-state index contributed by atoms with van der Waals surface area (Å²) >= 11 is 0. The van der Waals surface area contributed by atoms with Crippen molar-refractivity contribution in [2.24, 2.45) is 0 Å². The summed E-state index contributed by atoms with van der Waals surface area (Å²) in [5.74, 6) is -1.65. The first kappa shape index (κ1) is 14.0. The third-order valence-electron chi connectivity index (χ3n) is 2.82. The number of nitrogens with one attached hydrogen (secondary N) is 1. The Bertz CT molecular complexity index is 544. The number of urea groups is 1. The van der Waals surface area contributed by atoms with E-state index in [1.54, 1.807) is 6.92 Å². The second kappa shape index (κ2) is 5.68. The third-order valence-corrected chi connectivity index (χ3v) is 2.82. The number of nitrogens with zero attached hydrogens (tertiary/aromatic N) is 1. The fourth-order valence-corrected chi connectivity index (χ4v) is 1.89. The van der Waals surface area contributed by atoms with Gasteiger partial charge in [0.25, 0.3) is 5.91 Å². The molecule has 7 heteroatoms. The van der Waals surface area contributed by atoms with Crippen molar-refractivity contribution in [1.29, 1.82) is 0 Å². The number of rotatable bonds is 4. The first-order valence-corrected chi connectivity index (χ1v) is 6.06. The molecular weight excluding hydrogens is 267 g/mol. The number of ether oxygens (including phenoxy) is 1. The van der Waals surface area contributed by atoms with Crippen LogP contribution < -0.4 is 5.32 Å². The molecule has 1 aliphatic heterocycles. The standard InChI is InChI=1S/C13H13FN2O4/c1-2-20-10(17)7-16-12(18)11(15-13(16)19)8-3-5-9(14)6-4-8/h3-6,11H,2,7H2,1H3,(H,15,19)/t11-/m1/s1. The highest BCUT2D eigenvalue weighted by atomic mass is 19.1. The highest BCUT2D eigenvalue weighted by Crippen LogP contribution is 2.22. The molecule has 0 aliphatic carbocycles. The smallest absolute Gasteiger partial charge is 0.326 e. The molecule has 0 spiro atoms. The Balaban J connectivity index is 2.12. The Labute approximate surface area is 114 Å². The molecular formula is C13H13FN2O4. The number of hydrogen-bond acceptors (Lipinski definition) is 4. The molecule has 0 radical (unpaired) electrons. The monoisotopic (exact) mass is 280 g/mol. The molecule has 1 aromatic rings. The van der Waals surface area contributed by atoms with Crippen LogP contribution in [0, 0.1) is 5.82 Å². The molecule has 2 rings (SSSR count). The average molecular weight is 280 g/mol. The van der Waals surface area contributed by atoms with Gasteiger partial charge in [-0.05, 0) is 24.6 Å². The average Bonchev–Trinajstić information content (AvgIpc) is 2.68.